The lowest BCUT2D eigenvalue weighted by molar-refractivity contribution is -0.110. The molecule has 2 aromatic carbocycles. The number of ether oxygens (including phenoxy) is 1. The molecule has 0 aromatic heterocycles. The van der Waals surface area contributed by atoms with Gasteiger partial charge in [-0.1, -0.05) is 23.7 Å². The number of nitrogens with one attached hydrogen (secondary N) is 1. The van der Waals surface area contributed by atoms with Gasteiger partial charge in [-0.15, -0.1) is 0 Å². The van der Waals surface area contributed by atoms with Crippen molar-refractivity contribution in [3.05, 3.63) is 52.7 Å². The van der Waals surface area contributed by atoms with Crippen LogP contribution in [0.4, 0.5) is 5.69 Å². The summed E-state index contributed by atoms with van der Waals surface area (Å²) < 4.78 is 5.78. The predicted octanol–water partition coefficient (Wildman–Crippen LogP) is 4.40. The number of amides is 1. The highest BCUT2D eigenvalue weighted by Crippen LogP contribution is 2.40. The van der Waals surface area contributed by atoms with Crippen LogP contribution in [0.1, 0.15) is 25.3 Å². The maximum atomic E-state index is 12.0. The Kier molecular flexibility index (Phi) is 4.58. The van der Waals surface area contributed by atoms with Crippen LogP contribution in [0.15, 0.2) is 42.2 Å². The van der Waals surface area contributed by atoms with E-state index in [1.807, 2.05) is 30.3 Å². The number of benzene rings is 2. The number of fused-ring (bicyclic) bond motifs is 1. The van der Waals surface area contributed by atoms with Crippen molar-refractivity contribution < 1.29 is 19.7 Å². The highest BCUT2D eigenvalue weighted by atomic mass is 35.5. The number of aliphatic hydroxyl groups is 2. The van der Waals surface area contributed by atoms with Crippen LogP contribution >= 0.6 is 11.6 Å². The fourth-order valence-corrected chi connectivity index (χ4v) is 3.83. The molecule has 1 aliphatic heterocycles. The van der Waals surface area contributed by atoms with Crippen molar-refractivity contribution in [1.29, 1.82) is 0 Å². The molecule has 2 aliphatic rings. The Morgan fingerprint density at radius 1 is 1.22 bits per heavy atom. The number of carbonyl (C=O) groups is 1. The number of allylic oxidation sites excluding steroid dienone is 1. The van der Waals surface area contributed by atoms with Gasteiger partial charge in [0, 0.05) is 11.1 Å². The minimum atomic E-state index is -0.330. The summed E-state index contributed by atoms with van der Waals surface area (Å²) in [7, 11) is 0. The molecule has 2 aromatic rings. The minimum Gasteiger partial charge on any atom is -0.512 e. The lowest BCUT2D eigenvalue weighted by Crippen LogP contribution is -2.32. The molecule has 0 unspecified atom stereocenters. The van der Waals surface area contributed by atoms with Gasteiger partial charge in [-0.05, 0) is 55.5 Å². The zero-order chi connectivity index (χ0) is 19.1. The first-order chi connectivity index (χ1) is 12.9. The monoisotopic (exact) mass is 385 g/mol. The molecule has 1 fully saturated rings. The van der Waals surface area contributed by atoms with Crippen LogP contribution in [0.25, 0.3) is 16.7 Å². The van der Waals surface area contributed by atoms with E-state index in [1.54, 1.807) is 6.07 Å². The molecular weight excluding hydrogens is 366 g/mol. The van der Waals surface area contributed by atoms with Crippen molar-refractivity contribution in [2.24, 2.45) is 5.92 Å². The van der Waals surface area contributed by atoms with E-state index in [1.165, 1.54) is 6.92 Å². The Hall–Kier alpha value is -2.50. The quantitative estimate of drug-likeness (QED) is 0.538. The third-order valence-electron chi connectivity index (χ3n) is 5.08. The molecule has 140 valence electrons. The van der Waals surface area contributed by atoms with Crippen molar-refractivity contribution in [2.75, 3.05) is 11.9 Å². The summed E-state index contributed by atoms with van der Waals surface area (Å²) in [4.78, 5) is 12.0. The average molecular weight is 386 g/mol. The molecule has 0 radical (unpaired) electrons. The molecule has 1 amide bonds. The summed E-state index contributed by atoms with van der Waals surface area (Å²) in [5, 5.41) is 22.4. The molecule has 1 saturated carbocycles. The molecule has 1 heterocycles. The summed E-state index contributed by atoms with van der Waals surface area (Å²) in [6.45, 7) is 2.10. The smallest absolute Gasteiger partial charge is 0.259 e. The van der Waals surface area contributed by atoms with E-state index < -0.39 is 0 Å². The second kappa shape index (κ2) is 6.91. The molecule has 5 nitrogen and oxygen atoms in total. The van der Waals surface area contributed by atoms with Gasteiger partial charge in [-0.25, -0.2) is 0 Å². The number of carbonyl (C=O) groups excluding carboxylic acids is 1. The summed E-state index contributed by atoms with van der Waals surface area (Å²) in [5.74, 6) is 0.830. The Labute approximate surface area is 162 Å². The zero-order valence-corrected chi connectivity index (χ0v) is 15.6. The average Bonchev–Trinajstić information content (AvgIpc) is 2.92. The Bertz CT molecular complexity index is 926. The van der Waals surface area contributed by atoms with Gasteiger partial charge in [0.2, 0.25) is 0 Å². The first-order valence-electron chi connectivity index (χ1n) is 8.89. The standard InChI is InChI=1S/C21H20ClNO4/c1-11(24)20-17-8-16(18(22)9-19(17)23-21(20)26)13-2-4-15(5-3-13)27-10-12-6-14(25)7-12/h2-5,8-9,12,14,24-25H,6-7,10H2,1H3,(H,23,26)/b20-11+. The molecule has 1 aliphatic carbocycles. The molecule has 0 bridgehead atoms. The molecule has 0 atom stereocenters. The van der Waals surface area contributed by atoms with Crippen molar-refractivity contribution in [3.8, 4) is 16.9 Å². The van der Waals surface area contributed by atoms with Crippen LogP contribution in [0.3, 0.4) is 0 Å². The molecule has 4 rings (SSSR count). The van der Waals surface area contributed by atoms with Crippen LogP contribution in [0.5, 0.6) is 5.75 Å². The first-order valence-corrected chi connectivity index (χ1v) is 9.26. The van der Waals surface area contributed by atoms with E-state index in [0.29, 0.717) is 28.8 Å². The Balaban J connectivity index is 1.57. The van der Waals surface area contributed by atoms with Crippen LogP contribution in [0, 0.1) is 5.92 Å². The summed E-state index contributed by atoms with van der Waals surface area (Å²) in [6.07, 6.45) is 1.43. The Morgan fingerprint density at radius 2 is 1.93 bits per heavy atom. The molecule has 27 heavy (non-hydrogen) atoms. The summed E-state index contributed by atoms with van der Waals surface area (Å²) in [6, 6.07) is 11.1. The largest absolute Gasteiger partial charge is 0.512 e. The van der Waals surface area contributed by atoms with Crippen molar-refractivity contribution in [1.82, 2.24) is 0 Å². The van der Waals surface area contributed by atoms with Crippen molar-refractivity contribution in [3.63, 3.8) is 0 Å². The molecular formula is C21H20ClNO4. The second-order valence-corrected chi connectivity index (χ2v) is 7.53. The van der Waals surface area contributed by atoms with E-state index in [2.05, 4.69) is 5.32 Å². The minimum absolute atomic E-state index is 0.0237. The lowest BCUT2D eigenvalue weighted by Gasteiger charge is -2.30. The van der Waals surface area contributed by atoms with Gasteiger partial charge in [0.1, 0.15) is 11.5 Å². The summed E-state index contributed by atoms with van der Waals surface area (Å²) >= 11 is 6.42. The third-order valence-corrected chi connectivity index (χ3v) is 5.39. The van der Waals surface area contributed by atoms with Crippen LogP contribution < -0.4 is 10.1 Å². The highest BCUT2D eigenvalue weighted by molar-refractivity contribution is 6.36. The van der Waals surface area contributed by atoms with E-state index >= 15 is 0 Å². The van der Waals surface area contributed by atoms with Gasteiger partial charge < -0.3 is 20.3 Å². The second-order valence-electron chi connectivity index (χ2n) is 7.12. The van der Waals surface area contributed by atoms with Gasteiger partial charge in [0.25, 0.3) is 5.91 Å². The zero-order valence-electron chi connectivity index (χ0n) is 14.8. The molecule has 6 heteroatoms. The van der Waals surface area contributed by atoms with Gasteiger partial charge in [-0.3, -0.25) is 4.79 Å². The number of halogens is 1. The van der Waals surface area contributed by atoms with Crippen LogP contribution in [-0.2, 0) is 4.79 Å². The summed E-state index contributed by atoms with van der Waals surface area (Å²) in [5.41, 5.74) is 3.18. The lowest BCUT2D eigenvalue weighted by atomic mass is 9.83. The van der Waals surface area contributed by atoms with Crippen LogP contribution in [0.2, 0.25) is 5.02 Å². The van der Waals surface area contributed by atoms with E-state index in [9.17, 15) is 15.0 Å². The molecule has 0 spiro atoms. The normalized spacial score (nSPS) is 22.7. The predicted molar refractivity (Wildman–Crippen MR) is 105 cm³/mol. The maximum absolute atomic E-state index is 12.0. The Morgan fingerprint density at radius 3 is 2.56 bits per heavy atom. The number of anilines is 1. The fourth-order valence-electron chi connectivity index (χ4n) is 3.55. The number of rotatable bonds is 4. The van der Waals surface area contributed by atoms with Crippen molar-refractivity contribution in [2.45, 2.75) is 25.9 Å². The van der Waals surface area contributed by atoms with Gasteiger partial charge in [0.15, 0.2) is 0 Å². The van der Waals surface area contributed by atoms with Gasteiger partial charge in [-0.2, -0.15) is 0 Å². The highest BCUT2D eigenvalue weighted by Gasteiger charge is 2.29. The number of hydrogen-bond acceptors (Lipinski definition) is 4. The molecule has 0 saturated heterocycles. The first kappa shape index (κ1) is 17.9. The van der Waals surface area contributed by atoms with Crippen LogP contribution in [-0.4, -0.2) is 28.8 Å². The third kappa shape index (κ3) is 3.40. The maximum Gasteiger partial charge on any atom is 0.259 e. The van der Waals surface area contributed by atoms with Crippen molar-refractivity contribution >= 4 is 28.8 Å². The van der Waals surface area contributed by atoms with E-state index in [-0.39, 0.29) is 23.3 Å². The number of aliphatic hydroxyl groups excluding tert-OH is 2. The van der Waals surface area contributed by atoms with Gasteiger partial charge >= 0.3 is 0 Å². The SMILES string of the molecule is C/C(O)=C1\C(=O)Nc2cc(Cl)c(-c3ccc(OCC4CC(O)C4)cc3)cc21. The number of hydrogen-bond donors (Lipinski definition) is 3. The fraction of sp³-hybridized carbons (Fsp3) is 0.286. The van der Waals surface area contributed by atoms with Gasteiger partial charge in [0.05, 0.1) is 29.0 Å². The topological polar surface area (TPSA) is 78.8 Å². The van der Waals surface area contributed by atoms with E-state index in [0.717, 1.165) is 29.7 Å². The van der Waals surface area contributed by atoms with E-state index in [4.69, 9.17) is 16.3 Å². The molecule has 3 N–H and O–H groups in total.